The Morgan fingerprint density at radius 1 is 1.33 bits per heavy atom. The number of rotatable bonds is 3. The monoisotopic (exact) mass is 172 g/mol. The largest absolute Gasteiger partial charge is 0.392 e. The Kier molecular flexibility index (Phi) is 3.98. The van der Waals surface area contributed by atoms with E-state index in [-0.39, 0.29) is 12.1 Å². The summed E-state index contributed by atoms with van der Waals surface area (Å²) in [6.45, 7) is 4.91. The maximum atomic E-state index is 9.20. The minimum absolute atomic E-state index is 0.0805. The summed E-state index contributed by atoms with van der Waals surface area (Å²) in [7, 11) is 0. The Hall–Kier alpha value is -0.120. The zero-order chi connectivity index (χ0) is 8.97. The average Bonchev–Trinajstić information content (AvgIpc) is 2.06. The predicted octanol–water partition coefficient (Wildman–Crippen LogP) is 0.180. The van der Waals surface area contributed by atoms with Gasteiger partial charge in [0.05, 0.1) is 6.10 Å². The standard InChI is InChI=1S/C9H20N2O/c1-8(12)9(10)7-11-5-3-2-4-6-11/h8-9,12H,2-7,10H2,1H3/t8-,9-/m1/s1. The summed E-state index contributed by atoms with van der Waals surface area (Å²) in [6.07, 6.45) is 3.53. The molecule has 0 aliphatic carbocycles. The smallest absolute Gasteiger partial charge is 0.0675 e. The van der Waals surface area contributed by atoms with Gasteiger partial charge in [-0.15, -0.1) is 0 Å². The summed E-state index contributed by atoms with van der Waals surface area (Å²) >= 11 is 0. The van der Waals surface area contributed by atoms with Gasteiger partial charge in [0.25, 0.3) is 0 Å². The lowest BCUT2D eigenvalue weighted by Crippen LogP contribution is -2.45. The van der Waals surface area contributed by atoms with Gasteiger partial charge in [-0.1, -0.05) is 6.42 Å². The van der Waals surface area contributed by atoms with Crippen molar-refractivity contribution in [2.75, 3.05) is 19.6 Å². The van der Waals surface area contributed by atoms with Gasteiger partial charge in [-0.05, 0) is 32.9 Å². The number of hydrogen-bond acceptors (Lipinski definition) is 3. The van der Waals surface area contributed by atoms with Gasteiger partial charge in [0.15, 0.2) is 0 Å². The van der Waals surface area contributed by atoms with Crippen molar-refractivity contribution < 1.29 is 5.11 Å². The van der Waals surface area contributed by atoms with E-state index in [1.807, 2.05) is 0 Å². The maximum absolute atomic E-state index is 9.20. The topological polar surface area (TPSA) is 49.5 Å². The van der Waals surface area contributed by atoms with E-state index >= 15 is 0 Å². The van der Waals surface area contributed by atoms with Crippen LogP contribution in [0.5, 0.6) is 0 Å². The van der Waals surface area contributed by atoms with E-state index < -0.39 is 0 Å². The van der Waals surface area contributed by atoms with Gasteiger partial charge in [0.1, 0.15) is 0 Å². The summed E-state index contributed by atoms with van der Waals surface area (Å²) in [5.74, 6) is 0. The first kappa shape index (κ1) is 9.96. The second-order valence-electron chi connectivity index (χ2n) is 3.77. The second-order valence-corrected chi connectivity index (χ2v) is 3.77. The minimum atomic E-state index is -0.382. The molecule has 3 heteroatoms. The molecule has 3 N–H and O–H groups in total. The van der Waals surface area contributed by atoms with Crippen LogP contribution >= 0.6 is 0 Å². The number of aliphatic hydroxyl groups excluding tert-OH is 1. The highest BCUT2D eigenvalue weighted by Gasteiger charge is 2.16. The van der Waals surface area contributed by atoms with E-state index in [1.165, 1.54) is 19.3 Å². The first-order chi connectivity index (χ1) is 5.70. The second kappa shape index (κ2) is 4.80. The van der Waals surface area contributed by atoms with E-state index in [4.69, 9.17) is 5.73 Å². The van der Waals surface area contributed by atoms with E-state index in [9.17, 15) is 5.11 Å². The van der Waals surface area contributed by atoms with E-state index in [2.05, 4.69) is 4.90 Å². The van der Waals surface area contributed by atoms with Crippen molar-refractivity contribution in [1.29, 1.82) is 0 Å². The molecule has 12 heavy (non-hydrogen) atoms. The van der Waals surface area contributed by atoms with Crippen LogP contribution in [0.1, 0.15) is 26.2 Å². The third-order valence-corrected chi connectivity index (χ3v) is 2.54. The fourth-order valence-electron chi connectivity index (χ4n) is 1.59. The molecule has 0 aromatic rings. The van der Waals surface area contributed by atoms with Crippen molar-refractivity contribution in [3.05, 3.63) is 0 Å². The Labute approximate surface area is 74.5 Å². The number of piperidine rings is 1. The molecule has 1 rings (SSSR count). The van der Waals surface area contributed by atoms with Crippen LogP contribution in [0.15, 0.2) is 0 Å². The van der Waals surface area contributed by atoms with Gasteiger partial charge in [0.2, 0.25) is 0 Å². The Balaban J connectivity index is 2.20. The lowest BCUT2D eigenvalue weighted by molar-refractivity contribution is 0.124. The molecular formula is C9H20N2O. The zero-order valence-corrected chi connectivity index (χ0v) is 7.87. The molecule has 1 saturated heterocycles. The van der Waals surface area contributed by atoms with Crippen LogP contribution in [0.2, 0.25) is 0 Å². The third kappa shape index (κ3) is 3.09. The number of nitrogens with two attached hydrogens (primary N) is 1. The van der Waals surface area contributed by atoms with E-state index in [0.29, 0.717) is 0 Å². The normalized spacial score (nSPS) is 25.2. The molecule has 2 atom stereocenters. The zero-order valence-electron chi connectivity index (χ0n) is 7.87. The third-order valence-electron chi connectivity index (χ3n) is 2.54. The fraction of sp³-hybridized carbons (Fsp3) is 1.00. The number of hydrogen-bond donors (Lipinski definition) is 2. The van der Waals surface area contributed by atoms with Crippen molar-refractivity contribution in [3.8, 4) is 0 Å². The summed E-state index contributed by atoms with van der Waals surface area (Å²) in [4.78, 5) is 2.35. The van der Waals surface area contributed by atoms with Gasteiger partial charge in [0, 0.05) is 12.6 Å². The highest BCUT2D eigenvalue weighted by molar-refractivity contribution is 4.74. The Morgan fingerprint density at radius 2 is 1.92 bits per heavy atom. The lowest BCUT2D eigenvalue weighted by atomic mass is 10.1. The van der Waals surface area contributed by atoms with Gasteiger partial charge < -0.3 is 15.7 Å². The van der Waals surface area contributed by atoms with Crippen LogP contribution in [-0.2, 0) is 0 Å². The maximum Gasteiger partial charge on any atom is 0.0675 e. The number of likely N-dealkylation sites (tertiary alicyclic amines) is 1. The van der Waals surface area contributed by atoms with Crippen molar-refractivity contribution in [1.82, 2.24) is 4.90 Å². The van der Waals surface area contributed by atoms with E-state index in [0.717, 1.165) is 19.6 Å². The molecule has 0 aromatic heterocycles. The molecule has 0 bridgehead atoms. The van der Waals surface area contributed by atoms with Crippen LogP contribution in [0.3, 0.4) is 0 Å². The van der Waals surface area contributed by atoms with Crippen LogP contribution in [-0.4, -0.2) is 41.8 Å². The average molecular weight is 172 g/mol. The van der Waals surface area contributed by atoms with Crippen molar-refractivity contribution in [2.45, 2.75) is 38.3 Å². The summed E-state index contributed by atoms with van der Waals surface area (Å²) in [5.41, 5.74) is 5.76. The molecule has 1 heterocycles. The Morgan fingerprint density at radius 3 is 2.42 bits per heavy atom. The molecule has 0 unspecified atom stereocenters. The van der Waals surface area contributed by atoms with Crippen LogP contribution in [0, 0.1) is 0 Å². The lowest BCUT2D eigenvalue weighted by Gasteiger charge is -2.29. The number of nitrogens with zero attached hydrogens (tertiary/aromatic N) is 1. The van der Waals surface area contributed by atoms with Gasteiger partial charge in [-0.3, -0.25) is 0 Å². The molecule has 0 amide bonds. The van der Waals surface area contributed by atoms with Crippen LogP contribution in [0.4, 0.5) is 0 Å². The Bertz CT molecular complexity index is 122. The number of aliphatic hydroxyl groups is 1. The molecule has 0 radical (unpaired) electrons. The first-order valence-electron chi connectivity index (χ1n) is 4.86. The van der Waals surface area contributed by atoms with Gasteiger partial charge >= 0.3 is 0 Å². The predicted molar refractivity (Wildman–Crippen MR) is 49.9 cm³/mol. The fourth-order valence-corrected chi connectivity index (χ4v) is 1.59. The van der Waals surface area contributed by atoms with Crippen molar-refractivity contribution in [3.63, 3.8) is 0 Å². The first-order valence-corrected chi connectivity index (χ1v) is 4.86. The SMILES string of the molecule is C[C@@H](O)[C@H](N)CN1CCCCC1. The van der Waals surface area contributed by atoms with Crippen molar-refractivity contribution in [2.24, 2.45) is 5.73 Å². The summed E-state index contributed by atoms with van der Waals surface area (Å²) < 4.78 is 0. The molecule has 1 aliphatic rings. The molecule has 0 spiro atoms. The molecule has 1 aliphatic heterocycles. The molecule has 0 aromatic carbocycles. The molecule has 3 nitrogen and oxygen atoms in total. The molecule has 72 valence electrons. The minimum Gasteiger partial charge on any atom is -0.392 e. The quantitative estimate of drug-likeness (QED) is 0.638. The van der Waals surface area contributed by atoms with Crippen LogP contribution in [0.25, 0.3) is 0 Å². The summed E-state index contributed by atoms with van der Waals surface area (Å²) in [5, 5.41) is 9.20. The molecule has 0 saturated carbocycles. The van der Waals surface area contributed by atoms with Gasteiger partial charge in [-0.2, -0.15) is 0 Å². The summed E-state index contributed by atoms with van der Waals surface area (Å²) in [6, 6.07) is -0.0805. The highest BCUT2D eigenvalue weighted by atomic mass is 16.3. The van der Waals surface area contributed by atoms with Crippen LogP contribution < -0.4 is 5.73 Å². The van der Waals surface area contributed by atoms with E-state index in [1.54, 1.807) is 6.92 Å². The molecular weight excluding hydrogens is 152 g/mol. The molecule has 1 fully saturated rings. The highest BCUT2D eigenvalue weighted by Crippen LogP contribution is 2.08. The van der Waals surface area contributed by atoms with Gasteiger partial charge in [-0.25, -0.2) is 0 Å². The van der Waals surface area contributed by atoms with Crippen molar-refractivity contribution >= 4 is 0 Å².